The van der Waals surface area contributed by atoms with Gasteiger partial charge >= 0.3 is 0 Å². The number of rotatable bonds is 5. The van der Waals surface area contributed by atoms with Crippen molar-refractivity contribution in [2.75, 3.05) is 0 Å². The van der Waals surface area contributed by atoms with Crippen molar-refractivity contribution >= 4 is 12.1 Å². The molecule has 1 N–H and O–H groups in total. The second-order valence-electron chi connectivity index (χ2n) is 4.60. The fraction of sp³-hybridized carbons (Fsp3) is 0.250. The number of hydrogen-bond acceptors (Lipinski definition) is 3. The Morgan fingerprint density at radius 1 is 1.30 bits per heavy atom. The molecule has 0 aliphatic heterocycles. The molecule has 4 nitrogen and oxygen atoms in total. The summed E-state index contributed by atoms with van der Waals surface area (Å²) in [5.41, 5.74) is 4.30. The SMILES string of the molecule is Cc1cc(C(=O)N/N=C\CCc2ccccc2)c(C)o1. The molecule has 0 aliphatic carbocycles. The minimum atomic E-state index is -0.240. The van der Waals surface area contributed by atoms with Crippen LogP contribution >= 0.6 is 0 Å². The normalized spacial score (nSPS) is 10.9. The van der Waals surface area contributed by atoms with Gasteiger partial charge in [-0.15, -0.1) is 0 Å². The summed E-state index contributed by atoms with van der Waals surface area (Å²) >= 11 is 0. The number of benzene rings is 1. The van der Waals surface area contributed by atoms with Gasteiger partial charge in [0.15, 0.2) is 0 Å². The highest BCUT2D eigenvalue weighted by Crippen LogP contribution is 2.13. The Balaban J connectivity index is 1.79. The molecule has 0 radical (unpaired) electrons. The zero-order valence-corrected chi connectivity index (χ0v) is 11.7. The van der Waals surface area contributed by atoms with Gasteiger partial charge in [-0.25, -0.2) is 5.43 Å². The third-order valence-corrected chi connectivity index (χ3v) is 2.95. The van der Waals surface area contributed by atoms with Gasteiger partial charge in [0.25, 0.3) is 5.91 Å². The first-order valence-electron chi connectivity index (χ1n) is 6.59. The molecule has 0 saturated carbocycles. The van der Waals surface area contributed by atoms with Crippen molar-refractivity contribution in [1.29, 1.82) is 0 Å². The number of aryl methyl sites for hydroxylation is 3. The number of furan rings is 1. The van der Waals surface area contributed by atoms with Crippen molar-refractivity contribution in [3.63, 3.8) is 0 Å². The van der Waals surface area contributed by atoms with Gasteiger partial charge in [0.2, 0.25) is 0 Å². The first-order chi connectivity index (χ1) is 9.66. The largest absolute Gasteiger partial charge is 0.466 e. The van der Waals surface area contributed by atoms with Crippen LogP contribution in [0.25, 0.3) is 0 Å². The average Bonchev–Trinajstić information content (AvgIpc) is 2.78. The summed E-state index contributed by atoms with van der Waals surface area (Å²) in [5.74, 6) is 1.09. The zero-order chi connectivity index (χ0) is 14.4. The van der Waals surface area contributed by atoms with Crippen LogP contribution in [0.4, 0.5) is 0 Å². The van der Waals surface area contributed by atoms with Crippen molar-refractivity contribution in [3.05, 3.63) is 59.0 Å². The summed E-state index contributed by atoms with van der Waals surface area (Å²) in [5, 5.41) is 3.95. The fourth-order valence-electron chi connectivity index (χ4n) is 1.96. The van der Waals surface area contributed by atoms with E-state index in [9.17, 15) is 4.79 Å². The molecule has 20 heavy (non-hydrogen) atoms. The maximum absolute atomic E-state index is 11.8. The second kappa shape index (κ2) is 6.70. The molecule has 0 atom stereocenters. The lowest BCUT2D eigenvalue weighted by molar-refractivity contribution is 0.0953. The van der Waals surface area contributed by atoms with E-state index in [-0.39, 0.29) is 5.91 Å². The first-order valence-corrected chi connectivity index (χ1v) is 6.59. The number of amides is 1. The molecule has 1 heterocycles. The molecule has 1 aromatic carbocycles. The smallest absolute Gasteiger partial charge is 0.274 e. The van der Waals surface area contributed by atoms with Crippen LogP contribution in [0.15, 0.2) is 45.9 Å². The Morgan fingerprint density at radius 2 is 2.05 bits per heavy atom. The molecular weight excluding hydrogens is 252 g/mol. The minimum absolute atomic E-state index is 0.240. The Morgan fingerprint density at radius 3 is 2.70 bits per heavy atom. The van der Waals surface area contributed by atoms with Gasteiger partial charge in [-0.2, -0.15) is 5.10 Å². The third kappa shape index (κ3) is 3.82. The predicted molar refractivity (Wildman–Crippen MR) is 78.9 cm³/mol. The number of nitrogens with zero attached hydrogens (tertiary/aromatic N) is 1. The molecule has 0 unspecified atom stereocenters. The number of hydrazone groups is 1. The highest BCUT2D eigenvalue weighted by molar-refractivity contribution is 5.95. The summed E-state index contributed by atoms with van der Waals surface area (Å²) in [6.45, 7) is 3.58. The van der Waals surface area contributed by atoms with Crippen LogP contribution in [-0.4, -0.2) is 12.1 Å². The maximum atomic E-state index is 11.8. The van der Waals surface area contributed by atoms with E-state index in [1.807, 2.05) is 25.1 Å². The van der Waals surface area contributed by atoms with Gasteiger partial charge in [-0.3, -0.25) is 4.79 Å². The molecule has 1 amide bonds. The molecule has 0 bridgehead atoms. The summed E-state index contributed by atoms with van der Waals surface area (Å²) in [6.07, 6.45) is 3.41. The first kappa shape index (κ1) is 14.1. The van der Waals surface area contributed by atoms with Crippen LogP contribution in [0.3, 0.4) is 0 Å². The van der Waals surface area contributed by atoms with Crippen LogP contribution in [-0.2, 0) is 6.42 Å². The highest BCUT2D eigenvalue weighted by atomic mass is 16.3. The van der Waals surface area contributed by atoms with Crippen molar-refractivity contribution in [1.82, 2.24) is 5.43 Å². The predicted octanol–water partition coefficient (Wildman–Crippen LogP) is 3.24. The van der Waals surface area contributed by atoms with Crippen LogP contribution in [0, 0.1) is 13.8 Å². The second-order valence-corrected chi connectivity index (χ2v) is 4.60. The van der Waals surface area contributed by atoms with E-state index in [1.165, 1.54) is 5.56 Å². The lowest BCUT2D eigenvalue weighted by Gasteiger charge is -1.98. The lowest BCUT2D eigenvalue weighted by Crippen LogP contribution is -2.17. The number of carbonyl (C=O) groups excluding carboxylic acids is 1. The zero-order valence-electron chi connectivity index (χ0n) is 11.7. The van der Waals surface area contributed by atoms with Crippen molar-refractivity contribution in [2.45, 2.75) is 26.7 Å². The van der Waals surface area contributed by atoms with Gasteiger partial charge < -0.3 is 4.42 Å². The molecule has 0 spiro atoms. The van der Waals surface area contributed by atoms with Gasteiger partial charge in [0.05, 0.1) is 5.56 Å². The molecule has 0 fully saturated rings. The summed E-state index contributed by atoms with van der Waals surface area (Å²) in [7, 11) is 0. The topological polar surface area (TPSA) is 54.6 Å². The molecule has 2 aromatic rings. The van der Waals surface area contributed by atoms with Gasteiger partial charge in [-0.1, -0.05) is 30.3 Å². The monoisotopic (exact) mass is 270 g/mol. The third-order valence-electron chi connectivity index (χ3n) is 2.95. The summed E-state index contributed by atoms with van der Waals surface area (Å²) in [4.78, 5) is 11.8. The Kier molecular flexibility index (Phi) is 4.71. The summed E-state index contributed by atoms with van der Waals surface area (Å²) < 4.78 is 5.31. The van der Waals surface area contributed by atoms with Crippen LogP contribution in [0.2, 0.25) is 0 Å². The van der Waals surface area contributed by atoms with Crippen molar-refractivity contribution in [2.24, 2.45) is 5.10 Å². The van der Waals surface area contributed by atoms with Crippen molar-refractivity contribution < 1.29 is 9.21 Å². The van der Waals surface area contributed by atoms with Gasteiger partial charge in [-0.05, 0) is 38.3 Å². The standard InChI is InChI=1S/C16H18N2O2/c1-12-11-15(13(2)20-12)16(19)18-17-10-6-9-14-7-4-3-5-8-14/h3-5,7-8,10-11H,6,9H2,1-2H3,(H,18,19)/b17-10-. The molecule has 0 saturated heterocycles. The number of hydrogen-bond donors (Lipinski definition) is 1. The lowest BCUT2D eigenvalue weighted by atomic mass is 10.1. The van der Waals surface area contributed by atoms with E-state index in [0.29, 0.717) is 11.3 Å². The van der Waals surface area contributed by atoms with Gasteiger partial charge in [0.1, 0.15) is 11.5 Å². The van der Waals surface area contributed by atoms with Crippen LogP contribution in [0.1, 0.15) is 33.9 Å². The molecular formula is C16H18N2O2. The highest BCUT2D eigenvalue weighted by Gasteiger charge is 2.12. The number of nitrogens with one attached hydrogen (secondary N) is 1. The Labute approximate surface area is 118 Å². The number of carbonyl (C=O) groups is 1. The van der Waals surface area contributed by atoms with E-state index in [4.69, 9.17) is 4.42 Å². The molecule has 2 rings (SSSR count). The van der Waals surface area contributed by atoms with Gasteiger partial charge in [0, 0.05) is 6.21 Å². The van der Waals surface area contributed by atoms with E-state index in [1.54, 1.807) is 19.2 Å². The van der Waals surface area contributed by atoms with E-state index in [0.717, 1.165) is 18.6 Å². The van der Waals surface area contributed by atoms with E-state index in [2.05, 4.69) is 22.7 Å². The summed E-state index contributed by atoms with van der Waals surface area (Å²) in [6, 6.07) is 11.9. The van der Waals surface area contributed by atoms with E-state index >= 15 is 0 Å². The minimum Gasteiger partial charge on any atom is -0.466 e. The quantitative estimate of drug-likeness (QED) is 0.669. The fourth-order valence-corrected chi connectivity index (χ4v) is 1.96. The Bertz CT molecular complexity index is 600. The van der Waals surface area contributed by atoms with E-state index < -0.39 is 0 Å². The average molecular weight is 270 g/mol. The van der Waals surface area contributed by atoms with Crippen LogP contribution in [0.5, 0.6) is 0 Å². The van der Waals surface area contributed by atoms with Crippen molar-refractivity contribution in [3.8, 4) is 0 Å². The molecule has 4 heteroatoms. The molecule has 104 valence electrons. The molecule has 1 aromatic heterocycles. The molecule has 0 aliphatic rings. The van der Waals surface area contributed by atoms with Crippen LogP contribution < -0.4 is 5.43 Å². The Hall–Kier alpha value is -2.36. The maximum Gasteiger partial charge on any atom is 0.274 e.